The van der Waals surface area contributed by atoms with Crippen LogP contribution in [0.2, 0.25) is 0 Å². The number of thioether (sulfide) groups is 1. The molecule has 0 bridgehead atoms. The summed E-state index contributed by atoms with van der Waals surface area (Å²) in [5.41, 5.74) is 5.48. The van der Waals surface area contributed by atoms with Crippen molar-refractivity contribution in [3.63, 3.8) is 0 Å². The summed E-state index contributed by atoms with van der Waals surface area (Å²) < 4.78 is 0.304. The molecular formula is C22H39NS. The minimum absolute atomic E-state index is 0.212. The monoisotopic (exact) mass is 349 g/mol. The van der Waals surface area contributed by atoms with Crippen LogP contribution in [-0.4, -0.2) is 21.7 Å². The summed E-state index contributed by atoms with van der Waals surface area (Å²) in [5.74, 6) is 0. The van der Waals surface area contributed by atoms with Crippen LogP contribution in [0.1, 0.15) is 89.0 Å². The van der Waals surface area contributed by atoms with Gasteiger partial charge in [-0.15, -0.1) is 11.8 Å². The lowest BCUT2D eigenvalue weighted by Gasteiger charge is -2.40. The van der Waals surface area contributed by atoms with Crippen molar-refractivity contribution in [3.8, 4) is 0 Å². The third kappa shape index (κ3) is 3.08. The molecule has 0 aliphatic carbocycles. The molecule has 2 aliphatic rings. The highest BCUT2D eigenvalue weighted by Crippen LogP contribution is 2.58. The second kappa shape index (κ2) is 5.83. The molecule has 138 valence electrons. The Bertz CT molecular complexity index is 587. The van der Waals surface area contributed by atoms with E-state index in [2.05, 4.69) is 92.8 Å². The van der Waals surface area contributed by atoms with Gasteiger partial charge in [0.2, 0.25) is 0 Å². The fourth-order valence-electron chi connectivity index (χ4n) is 4.10. The first kappa shape index (κ1) is 19.9. The normalized spacial score (nSPS) is 25.9. The van der Waals surface area contributed by atoms with E-state index in [4.69, 9.17) is 0 Å². The second-order valence-corrected chi connectivity index (χ2v) is 12.0. The Balaban J connectivity index is 2.14. The Kier molecular flexibility index (Phi) is 4.84. The van der Waals surface area contributed by atoms with Crippen molar-refractivity contribution in [2.24, 2.45) is 10.8 Å². The maximum atomic E-state index is 2.66. The topological polar surface area (TPSA) is 3.24 Å². The lowest BCUT2D eigenvalue weighted by Crippen LogP contribution is -2.43. The van der Waals surface area contributed by atoms with Crippen molar-refractivity contribution in [1.82, 2.24) is 4.90 Å². The molecule has 0 aromatic carbocycles. The van der Waals surface area contributed by atoms with Gasteiger partial charge in [-0.3, -0.25) is 0 Å². The Morgan fingerprint density at radius 3 is 1.88 bits per heavy atom. The number of nitrogens with zero attached hydrogens (tertiary/aromatic N) is 1. The van der Waals surface area contributed by atoms with E-state index in [0.717, 1.165) is 6.54 Å². The first-order chi connectivity index (χ1) is 10.6. The average molecular weight is 350 g/mol. The van der Waals surface area contributed by atoms with Gasteiger partial charge in [0.15, 0.2) is 0 Å². The van der Waals surface area contributed by atoms with Crippen LogP contribution in [0.4, 0.5) is 0 Å². The van der Waals surface area contributed by atoms with Gasteiger partial charge >= 0.3 is 0 Å². The standard InChI is InChI=1S/C22H39NS/c1-15-17(3)23(14-19(15,4)5)20(6,7)13-12-18-16(2)21(8,9)22(10,11)24-18/h12-14H2,1-11H3. The minimum Gasteiger partial charge on any atom is -0.369 e. The zero-order valence-corrected chi connectivity index (χ0v) is 18.8. The molecule has 0 aromatic heterocycles. The molecule has 0 N–H and O–H groups in total. The van der Waals surface area contributed by atoms with Gasteiger partial charge < -0.3 is 4.90 Å². The lowest BCUT2D eigenvalue weighted by atomic mass is 9.74. The van der Waals surface area contributed by atoms with Gasteiger partial charge in [-0.25, -0.2) is 0 Å². The molecule has 2 heterocycles. The lowest BCUT2D eigenvalue weighted by molar-refractivity contribution is 0.143. The van der Waals surface area contributed by atoms with Crippen molar-refractivity contribution in [3.05, 3.63) is 21.7 Å². The molecule has 0 saturated heterocycles. The molecule has 24 heavy (non-hydrogen) atoms. The highest BCUT2D eigenvalue weighted by Gasteiger charge is 2.46. The van der Waals surface area contributed by atoms with Crippen LogP contribution in [0.25, 0.3) is 0 Å². The Hall–Kier alpha value is -0.370. The largest absolute Gasteiger partial charge is 0.369 e. The Morgan fingerprint density at radius 1 is 0.958 bits per heavy atom. The first-order valence-corrected chi connectivity index (χ1v) is 10.3. The number of rotatable bonds is 4. The number of allylic oxidation sites excluding steroid dienone is 3. The van der Waals surface area contributed by atoms with Crippen molar-refractivity contribution >= 4 is 11.8 Å². The molecule has 0 unspecified atom stereocenters. The third-order valence-electron chi connectivity index (χ3n) is 7.45. The van der Waals surface area contributed by atoms with Crippen LogP contribution in [0, 0.1) is 10.8 Å². The van der Waals surface area contributed by atoms with Crippen LogP contribution >= 0.6 is 11.8 Å². The third-order valence-corrected chi connectivity index (χ3v) is 9.23. The maximum absolute atomic E-state index is 2.66. The van der Waals surface area contributed by atoms with Crippen LogP contribution in [0.5, 0.6) is 0 Å². The van der Waals surface area contributed by atoms with Crippen LogP contribution in [-0.2, 0) is 0 Å². The average Bonchev–Trinajstić information content (AvgIpc) is 2.74. The van der Waals surface area contributed by atoms with E-state index in [9.17, 15) is 0 Å². The summed E-state index contributed by atoms with van der Waals surface area (Å²) in [5, 5.41) is 0. The van der Waals surface area contributed by atoms with Crippen LogP contribution in [0.15, 0.2) is 21.7 Å². The van der Waals surface area contributed by atoms with E-state index in [0.29, 0.717) is 15.6 Å². The van der Waals surface area contributed by atoms with E-state index in [1.165, 1.54) is 18.5 Å². The van der Waals surface area contributed by atoms with Gasteiger partial charge in [0.1, 0.15) is 0 Å². The fraction of sp³-hybridized carbons (Fsp3) is 0.818. The highest BCUT2D eigenvalue weighted by molar-refractivity contribution is 8.04. The minimum atomic E-state index is 0.212. The molecule has 2 rings (SSSR count). The Labute approximate surface area is 155 Å². The number of hydrogen-bond donors (Lipinski definition) is 0. The SMILES string of the molecule is CC1=C(C)C(C)(C)CN1C(C)(C)CCC1=C(C)C(C)(C)C(C)(C)S1. The summed E-state index contributed by atoms with van der Waals surface area (Å²) in [6.45, 7) is 27.4. The molecule has 2 aliphatic heterocycles. The van der Waals surface area contributed by atoms with Crippen LogP contribution in [0.3, 0.4) is 0 Å². The quantitative estimate of drug-likeness (QED) is 0.537. The molecular weight excluding hydrogens is 310 g/mol. The van der Waals surface area contributed by atoms with Gasteiger partial charge in [0, 0.05) is 33.4 Å². The molecule has 1 nitrogen and oxygen atoms in total. The fourth-order valence-corrected chi connectivity index (χ4v) is 5.73. The van der Waals surface area contributed by atoms with Gasteiger partial charge in [-0.1, -0.05) is 33.3 Å². The van der Waals surface area contributed by atoms with Gasteiger partial charge in [-0.2, -0.15) is 0 Å². The molecule has 0 amide bonds. The smallest absolute Gasteiger partial charge is 0.0346 e. The van der Waals surface area contributed by atoms with Crippen molar-refractivity contribution in [2.45, 2.75) is 99.3 Å². The number of hydrogen-bond acceptors (Lipinski definition) is 2. The van der Waals surface area contributed by atoms with E-state index in [1.54, 1.807) is 16.1 Å². The van der Waals surface area contributed by atoms with Crippen molar-refractivity contribution < 1.29 is 0 Å². The zero-order valence-electron chi connectivity index (χ0n) is 18.0. The van der Waals surface area contributed by atoms with Gasteiger partial charge in [-0.05, 0) is 71.8 Å². The van der Waals surface area contributed by atoms with Crippen molar-refractivity contribution in [2.75, 3.05) is 6.54 Å². The van der Waals surface area contributed by atoms with Crippen LogP contribution < -0.4 is 0 Å². The van der Waals surface area contributed by atoms with E-state index < -0.39 is 0 Å². The first-order valence-electron chi connectivity index (χ1n) is 9.48. The summed E-state index contributed by atoms with van der Waals surface area (Å²) in [4.78, 5) is 4.29. The zero-order chi connectivity index (χ0) is 18.7. The predicted octanol–water partition coefficient (Wildman–Crippen LogP) is 7.01. The van der Waals surface area contributed by atoms with E-state index in [-0.39, 0.29) is 5.54 Å². The predicted molar refractivity (Wildman–Crippen MR) is 110 cm³/mol. The maximum Gasteiger partial charge on any atom is 0.0346 e. The van der Waals surface area contributed by atoms with Gasteiger partial charge in [0.05, 0.1) is 0 Å². The van der Waals surface area contributed by atoms with E-state index >= 15 is 0 Å². The molecule has 0 aromatic rings. The second-order valence-electron chi connectivity index (χ2n) is 10.3. The summed E-state index contributed by atoms with van der Waals surface area (Å²) >= 11 is 2.12. The summed E-state index contributed by atoms with van der Waals surface area (Å²) in [7, 11) is 0. The van der Waals surface area contributed by atoms with E-state index in [1.807, 2.05) is 0 Å². The molecule has 0 atom stereocenters. The summed E-state index contributed by atoms with van der Waals surface area (Å²) in [6.07, 6.45) is 2.43. The Morgan fingerprint density at radius 2 is 1.50 bits per heavy atom. The highest BCUT2D eigenvalue weighted by atomic mass is 32.2. The van der Waals surface area contributed by atoms with Crippen molar-refractivity contribution in [1.29, 1.82) is 0 Å². The molecule has 2 heteroatoms. The molecule has 0 radical (unpaired) electrons. The molecule has 0 spiro atoms. The summed E-state index contributed by atoms with van der Waals surface area (Å²) in [6, 6.07) is 0. The van der Waals surface area contributed by atoms with Gasteiger partial charge in [0.25, 0.3) is 0 Å². The molecule has 0 saturated carbocycles. The molecule has 0 fully saturated rings.